The Morgan fingerprint density at radius 3 is 2.90 bits per heavy atom. The Morgan fingerprint density at radius 1 is 1.43 bits per heavy atom. The van der Waals surface area contributed by atoms with Crippen LogP contribution < -0.4 is 5.32 Å². The van der Waals surface area contributed by atoms with Gasteiger partial charge in [0.15, 0.2) is 0 Å². The molecule has 1 amide bonds. The van der Waals surface area contributed by atoms with Gasteiger partial charge in [0.2, 0.25) is 0 Å². The predicted molar refractivity (Wildman–Crippen MR) is 85.2 cm³/mol. The van der Waals surface area contributed by atoms with Crippen LogP contribution in [0.25, 0.3) is 9.40 Å². The second kappa shape index (κ2) is 5.42. The fraction of sp³-hybridized carbons (Fsp3) is 0.467. The lowest BCUT2D eigenvalue weighted by molar-refractivity contribution is -0.146. The maximum Gasteiger partial charge on any atom is 0.329 e. The number of fused-ring (bicyclic) bond motifs is 1. The maximum absolute atomic E-state index is 12.4. The van der Waals surface area contributed by atoms with Gasteiger partial charge in [-0.15, -0.1) is 22.7 Å². The molecule has 2 aromatic rings. The molecule has 0 aliphatic heterocycles. The number of carbonyl (C=O) groups excluding carboxylic acids is 1. The van der Waals surface area contributed by atoms with Crippen LogP contribution in [0.1, 0.15) is 42.3 Å². The van der Waals surface area contributed by atoms with Crippen LogP contribution in [0.15, 0.2) is 17.5 Å². The van der Waals surface area contributed by atoms with E-state index in [9.17, 15) is 14.7 Å². The molecule has 21 heavy (non-hydrogen) atoms. The Labute approximate surface area is 130 Å². The van der Waals surface area contributed by atoms with Gasteiger partial charge < -0.3 is 10.4 Å². The summed E-state index contributed by atoms with van der Waals surface area (Å²) < 4.78 is 2.15. The fourth-order valence-electron chi connectivity index (χ4n) is 3.07. The van der Waals surface area contributed by atoms with Crippen LogP contribution in [0.3, 0.4) is 0 Å². The normalized spacial score (nSPS) is 25.9. The van der Waals surface area contributed by atoms with E-state index >= 15 is 0 Å². The molecule has 1 saturated carbocycles. The quantitative estimate of drug-likeness (QED) is 0.904. The first kappa shape index (κ1) is 14.5. The van der Waals surface area contributed by atoms with Crippen molar-refractivity contribution in [1.82, 2.24) is 5.32 Å². The highest BCUT2D eigenvalue weighted by Gasteiger charge is 2.43. The summed E-state index contributed by atoms with van der Waals surface area (Å²) in [6, 6.07) is 3.83. The first-order valence-corrected chi connectivity index (χ1v) is 8.73. The number of amides is 1. The molecule has 1 fully saturated rings. The second-order valence-electron chi connectivity index (χ2n) is 5.80. The third kappa shape index (κ3) is 2.70. The van der Waals surface area contributed by atoms with Crippen molar-refractivity contribution in [3.05, 3.63) is 22.4 Å². The molecule has 2 atom stereocenters. The molecular formula is C15H17NO3S2. The molecule has 3 rings (SSSR count). The molecule has 1 aliphatic rings. The summed E-state index contributed by atoms with van der Waals surface area (Å²) in [6.45, 7) is 2.05. The molecule has 2 heterocycles. The van der Waals surface area contributed by atoms with Crippen molar-refractivity contribution in [2.24, 2.45) is 5.92 Å². The summed E-state index contributed by atoms with van der Waals surface area (Å²) in [5.74, 6) is -0.859. The molecule has 2 unspecified atom stereocenters. The minimum absolute atomic E-state index is 0.264. The van der Waals surface area contributed by atoms with E-state index in [1.807, 2.05) is 24.4 Å². The van der Waals surface area contributed by atoms with E-state index < -0.39 is 11.5 Å². The number of hydrogen-bond donors (Lipinski definition) is 2. The zero-order valence-corrected chi connectivity index (χ0v) is 13.4. The third-order valence-electron chi connectivity index (χ3n) is 4.12. The number of carbonyl (C=O) groups is 2. The Hall–Kier alpha value is -1.40. The minimum atomic E-state index is -1.10. The molecule has 2 aromatic heterocycles. The molecule has 0 aromatic carbocycles. The van der Waals surface area contributed by atoms with Gasteiger partial charge in [0.25, 0.3) is 5.91 Å². The summed E-state index contributed by atoms with van der Waals surface area (Å²) in [4.78, 5) is 24.7. The van der Waals surface area contributed by atoms with Gasteiger partial charge in [0.1, 0.15) is 5.54 Å². The smallest absolute Gasteiger partial charge is 0.329 e. The number of hydrogen-bond acceptors (Lipinski definition) is 4. The largest absolute Gasteiger partial charge is 0.480 e. The summed E-state index contributed by atoms with van der Waals surface area (Å²) >= 11 is 3.01. The van der Waals surface area contributed by atoms with Crippen molar-refractivity contribution in [2.45, 2.75) is 38.1 Å². The van der Waals surface area contributed by atoms with E-state index in [1.54, 1.807) is 11.3 Å². The predicted octanol–water partition coefficient (Wildman–Crippen LogP) is 3.73. The lowest BCUT2D eigenvalue weighted by Gasteiger charge is -2.36. The second-order valence-corrected chi connectivity index (χ2v) is 7.83. The Bertz CT molecular complexity index is 661. The zero-order valence-electron chi connectivity index (χ0n) is 11.7. The highest BCUT2D eigenvalue weighted by atomic mass is 32.1. The van der Waals surface area contributed by atoms with Gasteiger partial charge in [-0.05, 0) is 36.3 Å². The number of nitrogens with one attached hydrogen (secondary N) is 1. The summed E-state index contributed by atoms with van der Waals surface area (Å²) in [5.41, 5.74) is -1.10. The monoisotopic (exact) mass is 323 g/mol. The van der Waals surface area contributed by atoms with E-state index in [4.69, 9.17) is 0 Å². The van der Waals surface area contributed by atoms with Gasteiger partial charge in [-0.3, -0.25) is 4.79 Å². The summed E-state index contributed by atoms with van der Waals surface area (Å²) in [5, 5.41) is 14.4. The summed E-state index contributed by atoms with van der Waals surface area (Å²) in [7, 11) is 0. The van der Waals surface area contributed by atoms with E-state index in [2.05, 4.69) is 5.32 Å². The van der Waals surface area contributed by atoms with Gasteiger partial charge in [-0.1, -0.05) is 19.8 Å². The van der Waals surface area contributed by atoms with Crippen molar-refractivity contribution >= 4 is 43.9 Å². The lowest BCUT2D eigenvalue weighted by Crippen LogP contribution is -2.56. The molecule has 4 nitrogen and oxygen atoms in total. The highest BCUT2D eigenvalue weighted by Crippen LogP contribution is 2.34. The van der Waals surface area contributed by atoms with Crippen LogP contribution in [-0.2, 0) is 4.79 Å². The Kier molecular flexibility index (Phi) is 3.75. The molecule has 0 bridgehead atoms. The van der Waals surface area contributed by atoms with Gasteiger partial charge in [-0.25, -0.2) is 4.79 Å². The molecule has 0 saturated heterocycles. The first-order chi connectivity index (χ1) is 10.00. The molecular weight excluding hydrogens is 306 g/mol. The van der Waals surface area contributed by atoms with E-state index in [-0.39, 0.29) is 5.91 Å². The number of rotatable bonds is 3. The van der Waals surface area contributed by atoms with Crippen LogP contribution >= 0.6 is 22.7 Å². The van der Waals surface area contributed by atoms with Crippen molar-refractivity contribution in [3.8, 4) is 0 Å². The fourth-order valence-corrected chi connectivity index (χ4v) is 5.07. The average Bonchev–Trinajstić information content (AvgIpc) is 2.98. The lowest BCUT2D eigenvalue weighted by atomic mass is 9.76. The SMILES string of the molecule is CC1CCCC(NC(=O)c2cc3sccc3s2)(C(=O)O)C1. The number of carboxylic acids is 1. The van der Waals surface area contributed by atoms with Crippen molar-refractivity contribution in [2.75, 3.05) is 0 Å². The number of aliphatic carboxylic acids is 1. The van der Waals surface area contributed by atoms with Gasteiger partial charge >= 0.3 is 5.97 Å². The van der Waals surface area contributed by atoms with Crippen molar-refractivity contribution in [3.63, 3.8) is 0 Å². The number of carboxylic acid groups (broad SMARTS) is 1. The van der Waals surface area contributed by atoms with Gasteiger partial charge in [0.05, 0.1) is 4.88 Å². The van der Waals surface area contributed by atoms with Crippen LogP contribution in [0.5, 0.6) is 0 Å². The van der Waals surface area contributed by atoms with E-state index in [0.717, 1.165) is 22.2 Å². The maximum atomic E-state index is 12.4. The van der Waals surface area contributed by atoms with E-state index in [1.165, 1.54) is 11.3 Å². The van der Waals surface area contributed by atoms with Crippen LogP contribution in [0.2, 0.25) is 0 Å². The van der Waals surface area contributed by atoms with Crippen LogP contribution in [0.4, 0.5) is 0 Å². The Morgan fingerprint density at radius 2 is 2.24 bits per heavy atom. The minimum Gasteiger partial charge on any atom is -0.480 e. The summed E-state index contributed by atoms with van der Waals surface area (Å²) in [6.07, 6.45) is 2.89. The molecule has 0 radical (unpaired) electrons. The first-order valence-electron chi connectivity index (χ1n) is 7.03. The topological polar surface area (TPSA) is 66.4 Å². The van der Waals surface area contributed by atoms with Crippen LogP contribution in [-0.4, -0.2) is 22.5 Å². The Balaban J connectivity index is 1.83. The van der Waals surface area contributed by atoms with Gasteiger partial charge in [0, 0.05) is 9.40 Å². The van der Waals surface area contributed by atoms with E-state index in [0.29, 0.717) is 23.6 Å². The average molecular weight is 323 g/mol. The third-order valence-corrected chi connectivity index (χ3v) is 6.21. The molecule has 6 heteroatoms. The molecule has 2 N–H and O–H groups in total. The van der Waals surface area contributed by atoms with Crippen molar-refractivity contribution in [1.29, 1.82) is 0 Å². The van der Waals surface area contributed by atoms with Gasteiger partial charge in [-0.2, -0.15) is 0 Å². The van der Waals surface area contributed by atoms with Crippen molar-refractivity contribution < 1.29 is 14.7 Å². The molecule has 112 valence electrons. The standard InChI is InChI=1S/C15H17NO3S2/c1-9-3-2-5-15(8-9,14(18)19)16-13(17)12-7-11-10(21-12)4-6-20-11/h4,6-7,9H,2-3,5,8H2,1H3,(H,16,17)(H,18,19). The molecule has 1 aliphatic carbocycles. The molecule has 0 spiro atoms. The highest BCUT2D eigenvalue weighted by molar-refractivity contribution is 7.27. The van der Waals surface area contributed by atoms with Crippen LogP contribution in [0, 0.1) is 5.92 Å². The number of thiophene rings is 2. The zero-order chi connectivity index (χ0) is 15.0.